The van der Waals surface area contributed by atoms with Crippen molar-refractivity contribution in [2.75, 3.05) is 32.8 Å². The number of benzene rings is 1. The summed E-state index contributed by atoms with van der Waals surface area (Å²) in [5.74, 6) is 0. The van der Waals surface area contributed by atoms with E-state index in [1.165, 1.54) is 18.4 Å². The zero-order valence-corrected chi connectivity index (χ0v) is 14.1. The van der Waals surface area contributed by atoms with E-state index < -0.39 is 6.10 Å². The van der Waals surface area contributed by atoms with Gasteiger partial charge in [-0.15, -0.1) is 0 Å². The third kappa shape index (κ3) is 3.65. The van der Waals surface area contributed by atoms with Crippen LogP contribution in [0.15, 0.2) is 30.3 Å². The molecule has 3 fully saturated rings. The number of hydrogen-bond donors (Lipinski definition) is 2. The molecule has 0 aromatic heterocycles. The molecule has 0 aliphatic carbocycles. The van der Waals surface area contributed by atoms with E-state index >= 15 is 0 Å². The number of nitrogens with one attached hydrogen (secondary N) is 1. The highest BCUT2D eigenvalue weighted by atomic mass is 16.6. The number of piperidine rings is 1. The third-order valence-electron chi connectivity index (χ3n) is 5.62. The van der Waals surface area contributed by atoms with Crippen LogP contribution in [0.4, 0.5) is 0 Å². The fourth-order valence-electron chi connectivity index (χ4n) is 4.18. The lowest BCUT2D eigenvalue weighted by Gasteiger charge is -2.34. The molecule has 0 spiro atoms. The molecule has 5 nitrogen and oxygen atoms in total. The fraction of sp³-hybridized carbons (Fsp3) is 0.684. The second-order valence-electron chi connectivity index (χ2n) is 7.29. The maximum Gasteiger partial charge on any atom is 0.113 e. The lowest BCUT2D eigenvalue weighted by Crippen LogP contribution is -2.50. The number of likely N-dealkylation sites (tertiary alicyclic amines) is 1. The first kappa shape index (κ1) is 16.5. The van der Waals surface area contributed by atoms with E-state index in [0.717, 1.165) is 26.1 Å². The van der Waals surface area contributed by atoms with Crippen LogP contribution >= 0.6 is 0 Å². The zero-order valence-electron chi connectivity index (χ0n) is 14.1. The minimum atomic E-state index is -0.457. The van der Waals surface area contributed by atoms with Crippen molar-refractivity contribution in [2.45, 2.75) is 49.7 Å². The summed E-state index contributed by atoms with van der Waals surface area (Å²) in [5, 5.41) is 13.5. The Morgan fingerprint density at radius 1 is 1.04 bits per heavy atom. The van der Waals surface area contributed by atoms with E-state index in [4.69, 9.17) is 9.47 Å². The molecule has 1 aromatic rings. The SMILES string of the molecule is O[C@@H]1CO[C@H]2[C@@H]1OC[C@H]2NC1CCN(CCc2ccccc2)CC1. The van der Waals surface area contributed by atoms with Crippen LogP contribution in [0.3, 0.4) is 0 Å². The number of ether oxygens (including phenoxy) is 2. The molecule has 4 atom stereocenters. The molecule has 0 bridgehead atoms. The average Bonchev–Trinajstić information content (AvgIpc) is 3.19. The minimum absolute atomic E-state index is 0.0242. The molecule has 0 radical (unpaired) electrons. The first-order valence-electron chi connectivity index (χ1n) is 9.23. The lowest BCUT2D eigenvalue weighted by atomic mass is 10.0. The van der Waals surface area contributed by atoms with Gasteiger partial charge in [-0.25, -0.2) is 0 Å². The van der Waals surface area contributed by atoms with Gasteiger partial charge >= 0.3 is 0 Å². The maximum absolute atomic E-state index is 9.83. The molecule has 4 rings (SSSR count). The molecule has 1 aromatic carbocycles. The first-order chi connectivity index (χ1) is 11.8. The van der Waals surface area contributed by atoms with Crippen LogP contribution in [0.1, 0.15) is 18.4 Å². The van der Waals surface area contributed by atoms with Gasteiger partial charge in [-0.05, 0) is 37.9 Å². The molecule has 24 heavy (non-hydrogen) atoms. The summed E-state index contributed by atoms with van der Waals surface area (Å²) < 4.78 is 11.4. The number of rotatable bonds is 5. The molecule has 0 amide bonds. The van der Waals surface area contributed by atoms with Crippen molar-refractivity contribution in [3.63, 3.8) is 0 Å². The van der Waals surface area contributed by atoms with Gasteiger partial charge in [0.1, 0.15) is 18.3 Å². The van der Waals surface area contributed by atoms with E-state index in [0.29, 0.717) is 19.3 Å². The molecule has 0 unspecified atom stereocenters. The molecular formula is C19H28N2O3. The van der Waals surface area contributed by atoms with Crippen LogP contribution in [0.25, 0.3) is 0 Å². The number of hydrogen-bond acceptors (Lipinski definition) is 5. The Morgan fingerprint density at radius 2 is 1.79 bits per heavy atom. The van der Waals surface area contributed by atoms with E-state index in [-0.39, 0.29) is 18.2 Å². The third-order valence-corrected chi connectivity index (χ3v) is 5.62. The Kier molecular flexibility index (Phi) is 5.15. The molecule has 132 valence electrons. The van der Waals surface area contributed by atoms with Crippen molar-refractivity contribution in [1.29, 1.82) is 0 Å². The summed E-state index contributed by atoms with van der Waals surface area (Å²) in [6.07, 6.45) is 2.91. The summed E-state index contributed by atoms with van der Waals surface area (Å²) in [6.45, 7) is 4.50. The van der Waals surface area contributed by atoms with Crippen molar-refractivity contribution >= 4 is 0 Å². The van der Waals surface area contributed by atoms with Crippen LogP contribution < -0.4 is 5.32 Å². The molecule has 3 saturated heterocycles. The van der Waals surface area contributed by atoms with Gasteiger partial charge in [0, 0.05) is 12.6 Å². The van der Waals surface area contributed by atoms with Gasteiger partial charge in [0.2, 0.25) is 0 Å². The average molecular weight is 332 g/mol. The fourth-order valence-corrected chi connectivity index (χ4v) is 4.18. The summed E-state index contributed by atoms with van der Waals surface area (Å²) in [6, 6.07) is 11.5. The number of aliphatic hydroxyl groups is 1. The number of fused-ring (bicyclic) bond motifs is 1. The van der Waals surface area contributed by atoms with E-state index in [2.05, 4.69) is 40.5 Å². The summed E-state index contributed by atoms with van der Waals surface area (Å²) in [5.41, 5.74) is 1.42. The summed E-state index contributed by atoms with van der Waals surface area (Å²) in [7, 11) is 0. The smallest absolute Gasteiger partial charge is 0.113 e. The second kappa shape index (κ2) is 7.50. The van der Waals surface area contributed by atoms with Crippen LogP contribution in [-0.2, 0) is 15.9 Å². The Labute approximate surface area is 143 Å². The van der Waals surface area contributed by atoms with E-state index in [9.17, 15) is 5.11 Å². The summed E-state index contributed by atoms with van der Waals surface area (Å²) in [4.78, 5) is 2.56. The van der Waals surface area contributed by atoms with Gasteiger partial charge in [0.05, 0.1) is 19.3 Å². The second-order valence-corrected chi connectivity index (χ2v) is 7.29. The van der Waals surface area contributed by atoms with Gasteiger partial charge in [-0.3, -0.25) is 0 Å². The normalized spacial score (nSPS) is 34.5. The van der Waals surface area contributed by atoms with Crippen LogP contribution in [0, 0.1) is 0 Å². The number of nitrogens with zero attached hydrogens (tertiary/aromatic N) is 1. The van der Waals surface area contributed by atoms with Crippen molar-refractivity contribution < 1.29 is 14.6 Å². The number of aliphatic hydroxyl groups excluding tert-OH is 1. The zero-order chi connectivity index (χ0) is 16.4. The lowest BCUT2D eigenvalue weighted by molar-refractivity contribution is 0.0175. The van der Waals surface area contributed by atoms with Crippen LogP contribution in [-0.4, -0.2) is 73.3 Å². The highest BCUT2D eigenvalue weighted by Crippen LogP contribution is 2.28. The highest BCUT2D eigenvalue weighted by molar-refractivity contribution is 5.14. The van der Waals surface area contributed by atoms with E-state index in [1.807, 2.05) is 0 Å². The molecule has 3 heterocycles. The van der Waals surface area contributed by atoms with Crippen molar-refractivity contribution in [3.8, 4) is 0 Å². The Bertz CT molecular complexity index is 519. The molecule has 5 heteroatoms. The van der Waals surface area contributed by atoms with E-state index in [1.54, 1.807) is 0 Å². The highest BCUT2D eigenvalue weighted by Gasteiger charge is 2.47. The Morgan fingerprint density at radius 3 is 2.58 bits per heavy atom. The van der Waals surface area contributed by atoms with Gasteiger partial charge < -0.3 is 24.8 Å². The van der Waals surface area contributed by atoms with Gasteiger partial charge in [-0.2, -0.15) is 0 Å². The molecule has 2 N–H and O–H groups in total. The topological polar surface area (TPSA) is 54.0 Å². The quantitative estimate of drug-likeness (QED) is 0.836. The van der Waals surface area contributed by atoms with Gasteiger partial charge in [0.25, 0.3) is 0 Å². The largest absolute Gasteiger partial charge is 0.388 e. The first-order valence-corrected chi connectivity index (χ1v) is 9.23. The van der Waals surface area contributed by atoms with Crippen LogP contribution in [0.5, 0.6) is 0 Å². The Balaban J connectivity index is 1.19. The van der Waals surface area contributed by atoms with Crippen LogP contribution in [0.2, 0.25) is 0 Å². The standard InChI is InChI=1S/C19H28N2O3/c22-17-13-24-18-16(12-23-19(17)18)20-15-7-10-21(11-8-15)9-6-14-4-2-1-3-5-14/h1-5,15-20,22H,6-13H2/t16-,17-,18-,19-/m1/s1. The predicted molar refractivity (Wildman–Crippen MR) is 92.0 cm³/mol. The van der Waals surface area contributed by atoms with Crippen molar-refractivity contribution in [2.24, 2.45) is 0 Å². The Hall–Kier alpha value is -0.980. The molecule has 3 aliphatic heterocycles. The van der Waals surface area contributed by atoms with Gasteiger partial charge in [0.15, 0.2) is 0 Å². The molecule has 0 saturated carbocycles. The van der Waals surface area contributed by atoms with Crippen molar-refractivity contribution in [3.05, 3.63) is 35.9 Å². The monoisotopic (exact) mass is 332 g/mol. The molecule has 3 aliphatic rings. The minimum Gasteiger partial charge on any atom is -0.388 e. The van der Waals surface area contributed by atoms with Crippen molar-refractivity contribution in [1.82, 2.24) is 10.2 Å². The van der Waals surface area contributed by atoms with Gasteiger partial charge in [-0.1, -0.05) is 30.3 Å². The summed E-state index contributed by atoms with van der Waals surface area (Å²) >= 11 is 0. The predicted octanol–water partition coefficient (Wildman–Crippen LogP) is 0.810. The molecular weight excluding hydrogens is 304 g/mol. The maximum atomic E-state index is 9.83.